The lowest BCUT2D eigenvalue weighted by molar-refractivity contribution is -0.280. The zero-order valence-electron chi connectivity index (χ0n) is 23.0. The van der Waals surface area contributed by atoms with Crippen molar-refractivity contribution in [2.75, 3.05) is 6.16 Å². The van der Waals surface area contributed by atoms with Gasteiger partial charge in [-0.3, -0.25) is 0 Å². The molecule has 13 heteroatoms. The van der Waals surface area contributed by atoms with Crippen molar-refractivity contribution in [2.45, 2.75) is 116 Å². The Labute approximate surface area is 229 Å². The summed E-state index contributed by atoms with van der Waals surface area (Å²) in [6.07, 6.45) is -5.48. The van der Waals surface area contributed by atoms with E-state index in [1.54, 1.807) is 6.92 Å². The van der Waals surface area contributed by atoms with E-state index in [2.05, 4.69) is 0 Å². The summed E-state index contributed by atoms with van der Waals surface area (Å²) < 4.78 is 173. The molecule has 0 aliphatic rings. The maximum atomic E-state index is 15.5. The summed E-state index contributed by atoms with van der Waals surface area (Å²) in [4.78, 5) is 0. The minimum Gasteiger partial charge on any atom is -0.206 e. The monoisotopic (exact) mass is 620 g/mol. The molecule has 0 nitrogen and oxygen atoms in total. The maximum Gasteiger partial charge on any atom is 0.422 e. The first-order chi connectivity index (χ1) is 18.3. The van der Waals surface area contributed by atoms with E-state index in [9.17, 15) is 39.5 Å². The highest BCUT2D eigenvalue weighted by Crippen LogP contribution is 2.64. The lowest BCUT2D eigenvalue weighted by Crippen LogP contribution is -2.54. The van der Waals surface area contributed by atoms with E-state index in [1.807, 2.05) is 13.8 Å². The molecule has 40 heavy (non-hydrogen) atoms. The first-order valence-corrected chi connectivity index (χ1v) is 15.0. The van der Waals surface area contributed by atoms with Crippen molar-refractivity contribution in [3.63, 3.8) is 0 Å². The van der Waals surface area contributed by atoms with Crippen LogP contribution in [-0.2, 0) is 6.18 Å². The normalized spacial score (nSPS) is 15.8. The quantitative estimate of drug-likeness (QED) is 0.0704. The highest BCUT2D eigenvalue weighted by atomic mass is 31.1. The molecule has 0 saturated heterocycles. The molecule has 0 radical (unpaired) electrons. The Morgan fingerprint density at radius 1 is 0.750 bits per heavy atom. The molecule has 0 fully saturated rings. The second-order valence-electron chi connectivity index (χ2n) is 10.4. The Hall–Kier alpha value is -1.19. The van der Waals surface area contributed by atoms with E-state index in [4.69, 9.17) is 0 Å². The van der Waals surface area contributed by atoms with Gasteiger partial charge < -0.3 is 0 Å². The predicted octanol–water partition coefficient (Wildman–Crippen LogP) is 11.3. The molecule has 234 valence electrons. The molecular formula is C27H37F12P. The Morgan fingerprint density at radius 3 is 1.85 bits per heavy atom. The van der Waals surface area contributed by atoms with Crippen molar-refractivity contribution in [1.82, 2.24) is 0 Å². The lowest BCUT2D eigenvalue weighted by atomic mass is 9.92. The highest BCUT2D eigenvalue weighted by Gasteiger charge is 2.73. The molecule has 1 aromatic carbocycles. The molecule has 0 N–H and O–H groups in total. The third-order valence-corrected chi connectivity index (χ3v) is 9.92. The topological polar surface area (TPSA) is 0 Å². The number of hydrogen-bond acceptors (Lipinski definition) is 0. The second kappa shape index (κ2) is 14.8. The van der Waals surface area contributed by atoms with E-state index in [1.165, 1.54) is 6.92 Å². The van der Waals surface area contributed by atoms with Gasteiger partial charge in [-0.1, -0.05) is 79.1 Å². The van der Waals surface area contributed by atoms with Crippen LogP contribution in [0.15, 0.2) is 6.07 Å². The number of unbranched alkanes of at least 4 members (excludes halogenated alkanes) is 3. The van der Waals surface area contributed by atoms with Gasteiger partial charge in [-0.2, -0.15) is 39.5 Å². The van der Waals surface area contributed by atoms with Crippen LogP contribution in [0.3, 0.4) is 0 Å². The molecule has 0 heterocycles. The summed E-state index contributed by atoms with van der Waals surface area (Å²) in [6, 6.07) is -0.340. The third-order valence-electron chi connectivity index (χ3n) is 7.07. The van der Waals surface area contributed by atoms with Gasteiger partial charge in [0.25, 0.3) is 0 Å². The van der Waals surface area contributed by atoms with Crippen molar-refractivity contribution in [1.29, 1.82) is 0 Å². The van der Waals surface area contributed by atoms with Crippen molar-refractivity contribution in [2.24, 2.45) is 11.8 Å². The zero-order valence-corrected chi connectivity index (χ0v) is 23.9. The lowest BCUT2D eigenvalue weighted by Gasteiger charge is -2.39. The van der Waals surface area contributed by atoms with Gasteiger partial charge in [0.2, 0.25) is 0 Å². The highest BCUT2D eigenvalue weighted by molar-refractivity contribution is 7.66. The first-order valence-electron chi connectivity index (χ1n) is 13.5. The number of benzene rings is 1. The average Bonchev–Trinajstić information content (AvgIpc) is 2.84. The molecular weight excluding hydrogens is 583 g/mol. The summed E-state index contributed by atoms with van der Waals surface area (Å²) in [6.45, 7) is 6.77. The van der Waals surface area contributed by atoms with Crippen LogP contribution in [0.4, 0.5) is 52.7 Å². The second-order valence-corrected chi connectivity index (χ2v) is 12.6. The van der Waals surface area contributed by atoms with Crippen molar-refractivity contribution in [3.8, 4) is 0 Å². The molecule has 0 amide bonds. The van der Waals surface area contributed by atoms with Crippen molar-refractivity contribution >= 4 is 13.2 Å². The molecule has 0 aliphatic carbocycles. The summed E-state index contributed by atoms with van der Waals surface area (Å²) in [5.74, 6) is -20.1. The molecule has 0 aromatic heterocycles. The minimum atomic E-state index is -6.11. The van der Waals surface area contributed by atoms with Crippen molar-refractivity contribution in [3.05, 3.63) is 29.1 Å². The first kappa shape index (κ1) is 36.8. The fourth-order valence-electron chi connectivity index (χ4n) is 4.60. The summed E-state index contributed by atoms with van der Waals surface area (Å²) in [5, 5.41) is -1.86. The van der Waals surface area contributed by atoms with Crippen LogP contribution in [0.1, 0.15) is 97.5 Å². The number of halogens is 12. The van der Waals surface area contributed by atoms with E-state index >= 15 is 13.2 Å². The van der Waals surface area contributed by atoms with Crippen molar-refractivity contribution < 1.29 is 52.7 Å². The van der Waals surface area contributed by atoms with E-state index < -0.39 is 84.8 Å². The van der Waals surface area contributed by atoms with Crippen LogP contribution in [-0.4, -0.2) is 23.7 Å². The third kappa shape index (κ3) is 8.66. The average molecular weight is 621 g/mol. The minimum absolute atomic E-state index is 0.0443. The smallest absolute Gasteiger partial charge is 0.206 e. The SMILES string of the molecule is CCCCCCC(F)(F)C(F)(F)C(F)(F)P(CC(C)CCC(CC)CCC)c1cc(F)c(F)c(C(F)(F)F)c1F. The molecule has 3 unspecified atom stereocenters. The molecule has 0 aliphatic heterocycles. The van der Waals surface area contributed by atoms with E-state index in [0.717, 1.165) is 12.8 Å². The summed E-state index contributed by atoms with van der Waals surface area (Å²) >= 11 is 0. The Balaban J connectivity index is 3.66. The fraction of sp³-hybridized carbons (Fsp3) is 0.778. The number of rotatable bonds is 17. The zero-order chi connectivity index (χ0) is 31.1. The molecule has 3 atom stereocenters. The largest absolute Gasteiger partial charge is 0.422 e. The van der Waals surface area contributed by atoms with Crippen LogP contribution in [0.25, 0.3) is 0 Å². The van der Waals surface area contributed by atoms with Gasteiger partial charge in [-0.25, -0.2) is 13.2 Å². The van der Waals surface area contributed by atoms with Crippen LogP contribution in [0.2, 0.25) is 0 Å². The van der Waals surface area contributed by atoms with Gasteiger partial charge in [0.15, 0.2) is 11.6 Å². The van der Waals surface area contributed by atoms with Crippen LogP contribution >= 0.6 is 7.92 Å². The predicted molar refractivity (Wildman–Crippen MR) is 133 cm³/mol. The Bertz CT molecular complexity index is 929. The number of hydrogen-bond donors (Lipinski definition) is 0. The van der Waals surface area contributed by atoms with Gasteiger partial charge in [-0.05, 0) is 30.5 Å². The Morgan fingerprint density at radius 2 is 1.35 bits per heavy atom. The van der Waals surface area contributed by atoms with Gasteiger partial charge >= 0.3 is 23.7 Å². The van der Waals surface area contributed by atoms with Crippen LogP contribution in [0, 0.1) is 29.3 Å². The van der Waals surface area contributed by atoms with Gasteiger partial charge in [-0.15, -0.1) is 0 Å². The standard InChI is InChI=1S/C27H37F12P/c1-5-8-9-10-14-24(31,32)26(36,37)27(38,39)40(16-17(4)12-13-18(7-3)11-6-2)20-15-19(28)22(29)21(23(20)30)25(33,34)35/h15,17-18H,5-14,16H2,1-4H3. The van der Waals surface area contributed by atoms with E-state index in [-0.39, 0.29) is 24.8 Å². The maximum absolute atomic E-state index is 15.5. The van der Waals surface area contributed by atoms with Crippen LogP contribution in [0.5, 0.6) is 0 Å². The fourth-order valence-corrected chi connectivity index (χ4v) is 7.26. The Kier molecular flexibility index (Phi) is 13.6. The van der Waals surface area contributed by atoms with Crippen LogP contribution < -0.4 is 5.30 Å². The molecule has 1 rings (SSSR count). The number of alkyl halides is 9. The molecule has 0 spiro atoms. The molecule has 1 aromatic rings. The van der Waals surface area contributed by atoms with Gasteiger partial charge in [0.05, 0.1) is 0 Å². The summed E-state index contributed by atoms with van der Waals surface area (Å²) in [5.41, 5.74) is -8.63. The molecule has 0 bridgehead atoms. The summed E-state index contributed by atoms with van der Waals surface area (Å²) in [7, 11) is -4.21. The van der Waals surface area contributed by atoms with E-state index in [0.29, 0.717) is 25.7 Å². The molecule has 0 saturated carbocycles. The van der Waals surface area contributed by atoms with Gasteiger partial charge in [0, 0.05) is 19.6 Å². The van der Waals surface area contributed by atoms with Gasteiger partial charge in [0.1, 0.15) is 11.4 Å².